The monoisotopic (exact) mass is 300 g/mol. The van der Waals surface area contributed by atoms with Gasteiger partial charge in [0.2, 0.25) is 5.91 Å². The van der Waals surface area contributed by atoms with Gasteiger partial charge in [-0.1, -0.05) is 12.1 Å². The molecule has 4 heteroatoms. The summed E-state index contributed by atoms with van der Waals surface area (Å²) in [5, 5.41) is 0. The number of carbonyl (C=O) groups is 2. The van der Waals surface area contributed by atoms with Crippen LogP contribution in [0.3, 0.4) is 0 Å². The number of hydrogen-bond acceptors (Lipinski definition) is 3. The summed E-state index contributed by atoms with van der Waals surface area (Å²) >= 11 is 0. The molecule has 1 saturated heterocycles. The van der Waals surface area contributed by atoms with Gasteiger partial charge in [-0.15, -0.1) is 0 Å². The van der Waals surface area contributed by atoms with E-state index in [9.17, 15) is 9.59 Å². The first-order valence-electron chi connectivity index (χ1n) is 8.32. The Labute approximate surface area is 131 Å². The molecule has 1 aliphatic carbocycles. The van der Waals surface area contributed by atoms with E-state index in [0.717, 1.165) is 31.4 Å². The second-order valence-electron chi connectivity index (χ2n) is 6.50. The van der Waals surface area contributed by atoms with Crippen molar-refractivity contribution in [2.75, 3.05) is 13.1 Å². The van der Waals surface area contributed by atoms with Crippen LogP contribution < -0.4 is 5.73 Å². The highest BCUT2D eigenvalue weighted by atomic mass is 16.2. The third-order valence-corrected chi connectivity index (χ3v) is 4.81. The highest BCUT2D eigenvalue weighted by Crippen LogP contribution is 2.23. The molecule has 0 spiro atoms. The standard InChI is InChI=1S/C18H24N2O2/c19-16-9-10-20(12-16)18(22)8-7-17(21)15-6-5-13-3-1-2-4-14(13)11-15/h5-6,11,16H,1-4,7-10,12,19H2/t16-/m1/s1. The molecule has 1 aliphatic heterocycles. The fourth-order valence-corrected chi connectivity index (χ4v) is 3.44. The van der Waals surface area contributed by atoms with Crippen molar-refractivity contribution in [1.29, 1.82) is 0 Å². The lowest BCUT2D eigenvalue weighted by molar-refractivity contribution is -0.130. The van der Waals surface area contributed by atoms with E-state index >= 15 is 0 Å². The minimum Gasteiger partial charge on any atom is -0.341 e. The lowest BCUT2D eigenvalue weighted by atomic mass is 9.89. The van der Waals surface area contributed by atoms with Crippen LogP contribution in [0.5, 0.6) is 0 Å². The first-order chi connectivity index (χ1) is 10.6. The summed E-state index contributed by atoms with van der Waals surface area (Å²) in [5.41, 5.74) is 9.26. The maximum Gasteiger partial charge on any atom is 0.223 e. The van der Waals surface area contributed by atoms with Crippen LogP contribution in [0.4, 0.5) is 0 Å². The minimum atomic E-state index is 0.0549. The number of aryl methyl sites for hydroxylation is 2. The fraction of sp³-hybridized carbons (Fsp3) is 0.556. The third kappa shape index (κ3) is 3.38. The average Bonchev–Trinajstić information content (AvgIpc) is 2.98. The SMILES string of the molecule is N[C@@H]1CCN(C(=O)CCC(=O)c2ccc3c(c2)CCCC3)C1. The highest BCUT2D eigenvalue weighted by molar-refractivity contribution is 5.98. The van der Waals surface area contributed by atoms with Gasteiger partial charge in [-0.05, 0) is 49.3 Å². The number of fused-ring (bicyclic) bond motifs is 1. The quantitative estimate of drug-likeness (QED) is 0.866. The van der Waals surface area contributed by atoms with Crippen LogP contribution in [-0.4, -0.2) is 35.7 Å². The van der Waals surface area contributed by atoms with E-state index < -0.39 is 0 Å². The van der Waals surface area contributed by atoms with Crippen molar-refractivity contribution < 1.29 is 9.59 Å². The summed E-state index contributed by atoms with van der Waals surface area (Å²) in [4.78, 5) is 26.2. The first-order valence-corrected chi connectivity index (χ1v) is 8.32. The molecule has 1 fully saturated rings. The van der Waals surface area contributed by atoms with Crippen LogP contribution in [0.25, 0.3) is 0 Å². The fourth-order valence-electron chi connectivity index (χ4n) is 3.44. The highest BCUT2D eigenvalue weighted by Gasteiger charge is 2.24. The van der Waals surface area contributed by atoms with Gasteiger partial charge in [0, 0.05) is 37.5 Å². The Hall–Kier alpha value is -1.68. The molecule has 2 aliphatic rings. The molecule has 1 aromatic rings. The smallest absolute Gasteiger partial charge is 0.223 e. The van der Waals surface area contributed by atoms with Crippen LogP contribution in [0.2, 0.25) is 0 Å². The van der Waals surface area contributed by atoms with Gasteiger partial charge in [-0.25, -0.2) is 0 Å². The molecule has 0 radical (unpaired) electrons. The number of carbonyl (C=O) groups excluding carboxylic acids is 2. The Balaban J connectivity index is 1.57. The van der Waals surface area contributed by atoms with Crippen molar-refractivity contribution in [3.63, 3.8) is 0 Å². The van der Waals surface area contributed by atoms with Crippen molar-refractivity contribution in [1.82, 2.24) is 4.90 Å². The van der Waals surface area contributed by atoms with E-state index in [1.54, 1.807) is 4.90 Å². The lowest BCUT2D eigenvalue weighted by Crippen LogP contribution is -2.32. The maximum atomic E-state index is 12.3. The number of hydrogen-bond donors (Lipinski definition) is 1. The predicted octanol–water partition coefficient (Wildman–Crippen LogP) is 2.09. The van der Waals surface area contributed by atoms with Crippen molar-refractivity contribution >= 4 is 11.7 Å². The number of ketones is 1. The molecule has 0 aromatic heterocycles. The number of benzene rings is 1. The van der Waals surface area contributed by atoms with Crippen LogP contribution in [-0.2, 0) is 17.6 Å². The summed E-state index contributed by atoms with van der Waals surface area (Å²) in [7, 11) is 0. The van der Waals surface area contributed by atoms with Crippen molar-refractivity contribution in [2.24, 2.45) is 5.73 Å². The van der Waals surface area contributed by atoms with Gasteiger partial charge in [0.1, 0.15) is 0 Å². The molecule has 1 heterocycles. The van der Waals surface area contributed by atoms with Crippen molar-refractivity contribution in [2.45, 2.75) is 51.0 Å². The Morgan fingerprint density at radius 1 is 1.14 bits per heavy atom. The largest absolute Gasteiger partial charge is 0.341 e. The number of nitrogens with zero attached hydrogens (tertiary/aromatic N) is 1. The molecule has 1 atom stereocenters. The van der Waals surface area contributed by atoms with E-state index in [4.69, 9.17) is 5.73 Å². The molecule has 0 saturated carbocycles. The number of rotatable bonds is 4. The second kappa shape index (κ2) is 6.61. The third-order valence-electron chi connectivity index (χ3n) is 4.81. The molecule has 0 unspecified atom stereocenters. The van der Waals surface area contributed by atoms with Crippen molar-refractivity contribution in [3.05, 3.63) is 34.9 Å². The Morgan fingerprint density at radius 3 is 2.64 bits per heavy atom. The van der Waals surface area contributed by atoms with Gasteiger partial charge < -0.3 is 10.6 Å². The van der Waals surface area contributed by atoms with Gasteiger partial charge in [-0.3, -0.25) is 9.59 Å². The molecule has 2 N–H and O–H groups in total. The normalized spacial score (nSPS) is 20.8. The zero-order valence-electron chi connectivity index (χ0n) is 13.0. The first kappa shape index (κ1) is 15.2. The summed E-state index contributed by atoms with van der Waals surface area (Å²) in [5.74, 6) is 0.129. The van der Waals surface area contributed by atoms with E-state index in [1.807, 2.05) is 12.1 Å². The molecule has 22 heavy (non-hydrogen) atoms. The number of Topliss-reactive ketones (excluding diaryl/α,β-unsaturated/α-hetero) is 1. The number of nitrogens with two attached hydrogens (primary N) is 1. The van der Waals surface area contributed by atoms with E-state index in [0.29, 0.717) is 19.4 Å². The summed E-state index contributed by atoms with van der Waals surface area (Å²) in [6.45, 7) is 1.36. The molecule has 118 valence electrons. The Morgan fingerprint density at radius 2 is 1.91 bits per heavy atom. The van der Waals surface area contributed by atoms with Crippen LogP contribution >= 0.6 is 0 Å². The molecule has 0 bridgehead atoms. The molecule has 1 aromatic carbocycles. The van der Waals surface area contributed by atoms with E-state index in [-0.39, 0.29) is 17.7 Å². The Bertz CT molecular complexity index is 582. The van der Waals surface area contributed by atoms with Crippen LogP contribution in [0.15, 0.2) is 18.2 Å². The zero-order valence-corrected chi connectivity index (χ0v) is 13.0. The van der Waals surface area contributed by atoms with Gasteiger partial charge in [0.15, 0.2) is 5.78 Å². The van der Waals surface area contributed by atoms with Crippen molar-refractivity contribution in [3.8, 4) is 0 Å². The lowest BCUT2D eigenvalue weighted by Gasteiger charge is -2.17. The molecule has 4 nitrogen and oxygen atoms in total. The summed E-state index contributed by atoms with van der Waals surface area (Å²) < 4.78 is 0. The van der Waals surface area contributed by atoms with Crippen LogP contribution in [0, 0.1) is 0 Å². The van der Waals surface area contributed by atoms with Gasteiger partial charge in [0.25, 0.3) is 0 Å². The summed E-state index contributed by atoms with van der Waals surface area (Å²) in [6.07, 6.45) is 6.10. The van der Waals surface area contributed by atoms with E-state index in [1.165, 1.54) is 24.0 Å². The van der Waals surface area contributed by atoms with Gasteiger partial charge >= 0.3 is 0 Å². The average molecular weight is 300 g/mol. The molecular weight excluding hydrogens is 276 g/mol. The molecule has 1 amide bonds. The predicted molar refractivity (Wildman–Crippen MR) is 85.8 cm³/mol. The second-order valence-corrected chi connectivity index (χ2v) is 6.50. The number of amides is 1. The zero-order chi connectivity index (χ0) is 15.5. The molecular formula is C18H24N2O2. The van der Waals surface area contributed by atoms with E-state index in [2.05, 4.69) is 6.07 Å². The molecule has 3 rings (SSSR count). The maximum absolute atomic E-state index is 12.3. The number of likely N-dealkylation sites (tertiary alicyclic amines) is 1. The van der Waals surface area contributed by atoms with Gasteiger partial charge in [-0.2, -0.15) is 0 Å². The topological polar surface area (TPSA) is 63.4 Å². The van der Waals surface area contributed by atoms with Gasteiger partial charge in [0.05, 0.1) is 0 Å². The van der Waals surface area contributed by atoms with Crippen LogP contribution in [0.1, 0.15) is 53.6 Å². The minimum absolute atomic E-state index is 0.0549. The Kier molecular flexibility index (Phi) is 4.57. The summed E-state index contributed by atoms with van der Waals surface area (Å²) in [6, 6.07) is 6.14.